The molecule has 2 rings (SSSR count). The van der Waals surface area contributed by atoms with Gasteiger partial charge in [-0.25, -0.2) is 0 Å². The van der Waals surface area contributed by atoms with E-state index in [0.29, 0.717) is 11.1 Å². The molecule has 0 radical (unpaired) electrons. The zero-order chi connectivity index (χ0) is 14.5. The number of benzene rings is 2. The van der Waals surface area contributed by atoms with E-state index >= 15 is 0 Å². The van der Waals surface area contributed by atoms with Gasteiger partial charge in [-0.2, -0.15) is 0 Å². The highest BCUT2D eigenvalue weighted by molar-refractivity contribution is 6.75. The summed E-state index contributed by atoms with van der Waals surface area (Å²) < 4.78 is 0. The smallest absolute Gasteiger partial charge is 0.276 e. The first kappa shape index (κ1) is 14.0. The number of carbonyl (C=O) groups excluding carboxylic acids is 1. The number of carbonyl (C=O) groups is 1. The largest absolute Gasteiger partial charge is 0.276 e. The van der Waals surface area contributed by atoms with Gasteiger partial charge in [-0.1, -0.05) is 42.5 Å². The van der Waals surface area contributed by atoms with Gasteiger partial charge in [-0.3, -0.25) is 14.9 Å². The summed E-state index contributed by atoms with van der Waals surface area (Å²) in [5.41, 5.74) is 1.11. The lowest BCUT2D eigenvalue weighted by atomic mass is 10.0. The summed E-state index contributed by atoms with van der Waals surface area (Å²) in [7, 11) is 0. The zero-order valence-electron chi connectivity index (χ0n) is 10.3. The highest BCUT2D eigenvalue weighted by Gasteiger charge is 2.14. The molecule has 0 heterocycles. The highest BCUT2D eigenvalue weighted by Crippen LogP contribution is 2.25. The topological polar surface area (TPSA) is 60.2 Å². The van der Waals surface area contributed by atoms with E-state index in [-0.39, 0.29) is 11.3 Å². The van der Waals surface area contributed by atoms with Gasteiger partial charge in [0, 0.05) is 11.6 Å². The van der Waals surface area contributed by atoms with E-state index in [2.05, 4.69) is 0 Å². The molecule has 0 atom stereocenters. The van der Waals surface area contributed by atoms with Crippen LogP contribution in [0, 0.1) is 10.1 Å². The molecule has 4 nitrogen and oxygen atoms in total. The van der Waals surface area contributed by atoms with Crippen molar-refractivity contribution in [3.63, 3.8) is 0 Å². The minimum absolute atomic E-state index is 0.0705. The molecule has 0 aliphatic carbocycles. The average molecular weight is 288 g/mol. The van der Waals surface area contributed by atoms with Crippen molar-refractivity contribution in [2.75, 3.05) is 0 Å². The van der Waals surface area contributed by atoms with E-state index < -0.39 is 10.2 Å². The van der Waals surface area contributed by atoms with Crippen LogP contribution >= 0.6 is 11.6 Å². The maximum atomic E-state index is 11.6. The van der Waals surface area contributed by atoms with Crippen molar-refractivity contribution >= 4 is 34.2 Å². The third-order valence-electron chi connectivity index (χ3n) is 2.73. The molecule has 0 saturated carbocycles. The number of rotatable bonds is 4. The summed E-state index contributed by atoms with van der Waals surface area (Å²) in [6.45, 7) is 0. The Balaban J connectivity index is 2.56. The third kappa shape index (κ3) is 3.10. The van der Waals surface area contributed by atoms with Crippen LogP contribution in [0.15, 0.2) is 54.6 Å². The second kappa shape index (κ2) is 6.12. The molecule has 0 spiro atoms. The first-order chi connectivity index (χ1) is 9.59. The van der Waals surface area contributed by atoms with Gasteiger partial charge >= 0.3 is 0 Å². The normalized spacial score (nSPS) is 11.2. The molecule has 2 aromatic rings. The first-order valence-electron chi connectivity index (χ1n) is 5.80. The standard InChI is InChI=1S/C15H10ClNO3/c16-15(18)13(11-6-2-1-3-7-11)10-12-8-4-5-9-14(12)17(19)20/h1-10H. The molecule has 20 heavy (non-hydrogen) atoms. The van der Waals surface area contributed by atoms with Gasteiger partial charge in [0.15, 0.2) is 0 Å². The third-order valence-corrected chi connectivity index (χ3v) is 2.93. The van der Waals surface area contributed by atoms with Gasteiger partial charge in [0.05, 0.1) is 10.5 Å². The van der Waals surface area contributed by atoms with Crippen molar-refractivity contribution in [3.05, 3.63) is 75.8 Å². The Labute approximate surface area is 120 Å². The molecule has 5 heteroatoms. The Morgan fingerprint density at radius 2 is 1.65 bits per heavy atom. The number of allylic oxidation sites excluding steroid dienone is 1. The van der Waals surface area contributed by atoms with E-state index in [9.17, 15) is 14.9 Å². The maximum Gasteiger partial charge on any atom is 0.276 e. The van der Waals surface area contributed by atoms with Gasteiger partial charge in [0.1, 0.15) is 0 Å². The molecule has 0 aliphatic heterocycles. The molecule has 100 valence electrons. The van der Waals surface area contributed by atoms with Crippen LogP contribution in [-0.4, -0.2) is 10.2 Å². The average Bonchev–Trinajstić information content (AvgIpc) is 2.45. The molecule has 0 aliphatic rings. The van der Waals surface area contributed by atoms with Crippen molar-refractivity contribution in [3.8, 4) is 0 Å². The first-order valence-corrected chi connectivity index (χ1v) is 6.18. The van der Waals surface area contributed by atoms with Crippen molar-refractivity contribution in [2.24, 2.45) is 0 Å². The van der Waals surface area contributed by atoms with Gasteiger partial charge in [-0.05, 0) is 29.3 Å². The van der Waals surface area contributed by atoms with E-state index in [1.165, 1.54) is 12.1 Å². The maximum absolute atomic E-state index is 11.6. The zero-order valence-corrected chi connectivity index (χ0v) is 11.1. The Morgan fingerprint density at radius 1 is 1.05 bits per heavy atom. The summed E-state index contributed by atoms with van der Waals surface area (Å²) in [5, 5.41) is 10.3. The minimum atomic E-state index is -0.658. The van der Waals surface area contributed by atoms with E-state index in [1.54, 1.807) is 42.5 Å². The Morgan fingerprint density at radius 3 is 2.25 bits per heavy atom. The molecule has 0 aromatic heterocycles. The summed E-state index contributed by atoms with van der Waals surface area (Å²) in [6.07, 6.45) is 1.43. The van der Waals surface area contributed by atoms with Gasteiger partial charge in [0.2, 0.25) is 0 Å². The molecule has 0 N–H and O–H groups in total. The van der Waals surface area contributed by atoms with Crippen LogP contribution in [0.3, 0.4) is 0 Å². The van der Waals surface area contributed by atoms with Crippen LogP contribution in [0.25, 0.3) is 11.6 Å². The van der Waals surface area contributed by atoms with Crippen LogP contribution in [0.2, 0.25) is 0 Å². The van der Waals surface area contributed by atoms with Gasteiger partial charge in [0.25, 0.3) is 10.9 Å². The lowest BCUT2D eigenvalue weighted by Gasteiger charge is -2.03. The predicted octanol–water partition coefficient (Wildman–Crippen LogP) is 3.90. The van der Waals surface area contributed by atoms with Gasteiger partial charge < -0.3 is 0 Å². The number of para-hydroxylation sites is 1. The van der Waals surface area contributed by atoms with Crippen LogP contribution in [0.5, 0.6) is 0 Å². The molecule has 0 unspecified atom stereocenters. The number of hydrogen-bond donors (Lipinski definition) is 0. The van der Waals surface area contributed by atoms with Crippen LogP contribution in [0.1, 0.15) is 11.1 Å². The van der Waals surface area contributed by atoms with Crippen molar-refractivity contribution in [1.29, 1.82) is 0 Å². The van der Waals surface area contributed by atoms with Crippen LogP contribution in [-0.2, 0) is 4.79 Å². The summed E-state index contributed by atoms with van der Waals surface area (Å²) in [5.74, 6) is 0. The van der Waals surface area contributed by atoms with Crippen molar-refractivity contribution in [1.82, 2.24) is 0 Å². The number of halogens is 1. The SMILES string of the molecule is O=C(Cl)C(=Cc1ccccc1[N+](=O)[O-])c1ccccc1. The van der Waals surface area contributed by atoms with E-state index in [1.807, 2.05) is 6.07 Å². The predicted molar refractivity (Wildman–Crippen MR) is 78.3 cm³/mol. The van der Waals surface area contributed by atoms with Crippen molar-refractivity contribution in [2.45, 2.75) is 0 Å². The highest BCUT2D eigenvalue weighted by atomic mass is 35.5. The molecule has 0 saturated heterocycles. The van der Waals surface area contributed by atoms with E-state index in [0.717, 1.165) is 0 Å². The number of nitrogens with zero attached hydrogens (tertiary/aromatic N) is 1. The molecule has 0 amide bonds. The molecular weight excluding hydrogens is 278 g/mol. The minimum Gasteiger partial charge on any atom is -0.276 e. The fraction of sp³-hybridized carbons (Fsp3) is 0. The summed E-state index contributed by atoms with van der Waals surface area (Å²) in [6, 6.07) is 15.0. The molecule has 0 bridgehead atoms. The second-order valence-electron chi connectivity index (χ2n) is 4.01. The Hall–Kier alpha value is -2.46. The van der Waals surface area contributed by atoms with Crippen LogP contribution in [0.4, 0.5) is 5.69 Å². The lowest BCUT2D eigenvalue weighted by molar-refractivity contribution is -0.385. The second-order valence-corrected chi connectivity index (χ2v) is 4.36. The van der Waals surface area contributed by atoms with Crippen molar-refractivity contribution < 1.29 is 9.72 Å². The fourth-order valence-corrected chi connectivity index (χ4v) is 1.97. The Kier molecular flexibility index (Phi) is 4.27. The summed E-state index contributed by atoms with van der Waals surface area (Å²) >= 11 is 5.58. The molecule has 2 aromatic carbocycles. The number of nitro groups is 1. The Bertz CT molecular complexity index is 681. The monoisotopic (exact) mass is 287 g/mol. The number of nitro benzene ring substituents is 1. The molecular formula is C15H10ClNO3. The van der Waals surface area contributed by atoms with Gasteiger partial charge in [-0.15, -0.1) is 0 Å². The van der Waals surface area contributed by atoms with E-state index in [4.69, 9.17) is 11.6 Å². The quantitative estimate of drug-likeness (QED) is 0.282. The number of hydrogen-bond acceptors (Lipinski definition) is 3. The lowest BCUT2D eigenvalue weighted by Crippen LogP contribution is -1.95. The van der Waals surface area contributed by atoms with Crippen LogP contribution < -0.4 is 0 Å². The summed E-state index contributed by atoms with van der Waals surface area (Å²) in [4.78, 5) is 22.0. The fourth-order valence-electron chi connectivity index (χ4n) is 1.80. The molecule has 0 fully saturated rings.